The van der Waals surface area contributed by atoms with Crippen LogP contribution in [-0.2, 0) is 10.2 Å². The Morgan fingerprint density at radius 3 is 2.41 bits per heavy atom. The predicted molar refractivity (Wildman–Crippen MR) is 85.9 cm³/mol. The van der Waals surface area contributed by atoms with E-state index in [2.05, 4.69) is 41.4 Å². The number of aromatic nitrogens is 2. The van der Waals surface area contributed by atoms with Gasteiger partial charge in [0, 0.05) is 24.7 Å². The number of anilines is 1. The van der Waals surface area contributed by atoms with Gasteiger partial charge in [-0.25, -0.2) is 14.8 Å². The number of rotatable bonds is 3. The first-order chi connectivity index (χ1) is 10.4. The summed E-state index contributed by atoms with van der Waals surface area (Å²) in [6.45, 7) is 9.75. The van der Waals surface area contributed by atoms with Gasteiger partial charge in [0.05, 0.1) is 18.1 Å². The van der Waals surface area contributed by atoms with Crippen molar-refractivity contribution in [2.45, 2.75) is 52.0 Å². The van der Waals surface area contributed by atoms with Crippen molar-refractivity contribution in [2.24, 2.45) is 5.92 Å². The quantitative estimate of drug-likeness (QED) is 0.900. The van der Waals surface area contributed by atoms with E-state index in [-0.39, 0.29) is 17.5 Å². The van der Waals surface area contributed by atoms with Crippen LogP contribution < -0.4 is 10.6 Å². The Bertz CT molecular complexity index is 490. The number of nitrogens with zero attached hydrogens (tertiary/aromatic N) is 2. The maximum absolute atomic E-state index is 12.0. The van der Waals surface area contributed by atoms with Crippen molar-refractivity contribution in [1.82, 2.24) is 15.3 Å². The Kier molecular flexibility index (Phi) is 5.34. The number of nitrogens with one attached hydrogen (secondary N) is 2. The van der Waals surface area contributed by atoms with Gasteiger partial charge in [-0.2, -0.15) is 0 Å². The lowest BCUT2D eigenvalue weighted by Crippen LogP contribution is -2.42. The molecule has 1 atom stereocenters. The van der Waals surface area contributed by atoms with E-state index < -0.39 is 0 Å². The smallest absolute Gasteiger partial charge is 0.319 e. The third-order valence-corrected chi connectivity index (χ3v) is 3.91. The highest BCUT2D eigenvalue weighted by Gasteiger charge is 2.22. The van der Waals surface area contributed by atoms with Crippen molar-refractivity contribution >= 4 is 11.7 Å². The van der Waals surface area contributed by atoms with Crippen LogP contribution in [0, 0.1) is 5.92 Å². The molecular formula is C16H26N4O2. The van der Waals surface area contributed by atoms with Crippen LogP contribution in [0.2, 0.25) is 0 Å². The zero-order valence-electron chi connectivity index (χ0n) is 13.8. The summed E-state index contributed by atoms with van der Waals surface area (Å²) in [4.78, 5) is 20.6. The molecule has 122 valence electrons. The zero-order chi connectivity index (χ0) is 16.2. The van der Waals surface area contributed by atoms with Gasteiger partial charge >= 0.3 is 6.03 Å². The highest BCUT2D eigenvalue weighted by Crippen LogP contribution is 2.19. The minimum atomic E-state index is -0.217. The molecule has 0 bridgehead atoms. The van der Waals surface area contributed by atoms with Crippen molar-refractivity contribution in [1.29, 1.82) is 0 Å². The van der Waals surface area contributed by atoms with E-state index in [0.717, 1.165) is 31.9 Å². The van der Waals surface area contributed by atoms with Gasteiger partial charge in [-0.15, -0.1) is 0 Å². The molecule has 6 heteroatoms. The first-order valence-corrected chi connectivity index (χ1v) is 7.84. The molecule has 2 amide bonds. The van der Waals surface area contributed by atoms with Gasteiger partial charge in [-0.3, -0.25) is 0 Å². The van der Waals surface area contributed by atoms with Gasteiger partial charge in [0.1, 0.15) is 5.82 Å². The number of amides is 2. The number of carbonyl (C=O) groups is 1. The predicted octanol–water partition coefficient (Wildman–Crippen LogP) is 2.71. The normalized spacial score (nSPS) is 17.8. The second kappa shape index (κ2) is 7.05. The molecule has 2 N–H and O–H groups in total. The number of hydrogen-bond donors (Lipinski definition) is 2. The van der Waals surface area contributed by atoms with Crippen LogP contribution in [0.25, 0.3) is 0 Å². The summed E-state index contributed by atoms with van der Waals surface area (Å²) < 4.78 is 5.34. The molecule has 6 nitrogen and oxygen atoms in total. The molecule has 2 rings (SSSR count). The summed E-state index contributed by atoms with van der Waals surface area (Å²) in [5, 5.41) is 5.77. The van der Waals surface area contributed by atoms with E-state index in [1.807, 2.05) is 6.92 Å². The standard InChI is InChI=1S/C16H26N4O2/c1-11(12-5-7-22-8-6-12)19-15(21)20-13-9-17-14(18-10-13)16(2,3)4/h9-12H,5-8H2,1-4H3,(H2,19,20,21). The highest BCUT2D eigenvalue weighted by atomic mass is 16.5. The lowest BCUT2D eigenvalue weighted by atomic mass is 9.93. The van der Waals surface area contributed by atoms with Crippen molar-refractivity contribution in [2.75, 3.05) is 18.5 Å². The molecule has 0 radical (unpaired) electrons. The minimum Gasteiger partial charge on any atom is -0.381 e. The molecule has 0 aromatic carbocycles. The van der Waals surface area contributed by atoms with Gasteiger partial charge in [-0.05, 0) is 25.7 Å². The summed E-state index contributed by atoms with van der Waals surface area (Å²) in [5.74, 6) is 1.23. The molecule has 1 fully saturated rings. The molecule has 22 heavy (non-hydrogen) atoms. The fourth-order valence-electron chi connectivity index (χ4n) is 2.49. The van der Waals surface area contributed by atoms with E-state index in [9.17, 15) is 4.79 Å². The molecular weight excluding hydrogens is 280 g/mol. The van der Waals surface area contributed by atoms with Crippen LogP contribution in [0.1, 0.15) is 46.4 Å². The molecule has 2 heterocycles. The summed E-state index contributed by atoms with van der Waals surface area (Å²) in [5.41, 5.74) is 0.503. The Morgan fingerprint density at radius 2 is 1.86 bits per heavy atom. The number of hydrogen-bond acceptors (Lipinski definition) is 4. The maximum atomic E-state index is 12.0. The molecule has 0 aliphatic carbocycles. The zero-order valence-corrected chi connectivity index (χ0v) is 13.8. The van der Waals surface area contributed by atoms with Crippen LogP contribution in [0.3, 0.4) is 0 Å². The third kappa shape index (κ3) is 4.66. The minimum absolute atomic E-state index is 0.0989. The molecule has 1 saturated heterocycles. The van der Waals surface area contributed by atoms with Gasteiger partial charge in [0.25, 0.3) is 0 Å². The van der Waals surface area contributed by atoms with E-state index in [1.165, 1.54) is 0 Å². The van der Waals surface area contributed by atoms with E-state index in [0.29, 0.717) is 11.6 Å². The summed E-state index contributed by atoms with van der Waals surface area (Å²) in [7, 11) is 0. The van der Waals surface area contributed by atoms with E-state index >= 15 is 0 Å². The van der Waals surface area contributed by atoms with E-state index in [4.69, 9.17) is 4.74 Å². The number of urea groups is 1. The lowest BCUT2D eigenvalue weighted by molar-refractivity contribution is 0.0573. The Labute approximate surface area is 132 Å². The average molecular weight is 306 g/mol. The van der Waals surface area contributed by atoms with Crippen LogP contribution in [0.4, 0.5) is 10.5 Å². The van der Waals surface area contributed by atoms with Gasteiger partial charge in [0.2, 0.25) is 0 Å². The summed E-state index contributed by atoms with van der Waals surface area (Å²) in [6, 6.07) is -0.0928. The first kappa shape index (κ1) is 16.7. The van der Waals surface area contributed by atoms with Crippen molar-refractivity contribution in [3.63, 3.8) is 0 Å². The maximum Gasteiger partial charge on any atom is 0.319 e. The van der Waals surface area contributed by atoms with Crippen LogP contribution in [0.5, 0.6) is 0 Å². The van der Waals surface area contributed by atoms with Crippen molar-refractivity contribution < 1.29 is 9.53 Å². The van der Waals surface area contributed by atoms with Crippen LogP contribution >= 0.6 is 0 Å². The lowest BCUT2D eigenvalue weighted by Gasteiger charge is -2.28. The van der Waals surface area contributed by atoms with E-state index in [1.54, 1.807) is 12.4 Å². The molecule has 1 aliphatic rings. The number of carbonyl (C=O) groups excluding carboxylic acids is 1. The Morgan fingerprint density at radius 1 is 1.27 bits per heavy atom. The first-order valence-electron chi connectivity index (χ1n) is 7.84. The molecule has 1 aromatic heterocycles. The second-order valence-electron chi connectivity index (χ2n) is 6.88. The summed E-state index contributed by atoms with van der Waals surface area (Å²) >= 11 is 0. The average Bonchev–Trinajstić information content (AvgIpc) is 2.47. The van der Waals surface area contributed by atoms with Crippen LogP contribution in [0.15, 0.2) is 12.4 Å². The van der Waals surface area contributed by atoms with Gasteiger partial charge in [-0.1, -0.05) is 20.8 Å². The topological polar surface area (TPSA) is 76.1 Å². The Balaban J connectivity index is 1.86. The monoisotopic (exact) mass is 306 g/mol. The molecule has 1 aromatic rings. The largest absolute Gasteiger partial charge is 0.381 e. The fourth-order valence-corrected chi connectivity index (χ4v) is 2.49. The second-order valence-corrected chi connectivity index (χ2v) is 6.88. The van der Waals surface area contributed by atoms with Crippen molar-refractivity contribution in [3.8, 4) is 0 Å². The third-order valence-electron chi connectivity index (χ3n) is 3.91. The molecule has 1 unspecified atom stereocenters. The molecule has 0 spiro atoms. The highest BCUT2D eigenvalue weighted by molar-refractivity contribution is 5.89. The van der Waals surface area contributed by atoms with Gasteiger partial charge in [0.15, 0.2) is 0 Å². The summed E-state index contributed by atoms with van der Waals surface area (Å²) in [6.07, 6.45) is 5.27. The number of ether oxygens (including phenoxy) is 1. The Hall–Kier alpha value is -1.69. The van der Waals surface area contributed by atoms with Gasteiger partial charge < -0.3 is 15.4 Å². The molecule has 1 aliphatic heterocycles. The SMILES string of the molecule is CC(NC(=O)Nc1cnc(C(C)(C)C)nc1)C1CCOCC1. The van der Waals surface area contributed by atoms with Crippen LogP contribution in [-0.4, -0.2) is 35.3 Å². The van der Waals surface area contributed by atoms with Crippen molar-refractivity contribution in [3.05, 3.63) is 18.2 Å². The molecule has 0 saturated carbocycles. The fraction of sp³-hybridized carbons (Fsp3) is 0.688.